The summed E-state index contributed by atoms with van der Waals surface area (Å²) in [7, 11) is -3.42. The van der Waals surface area contributed by atoms with Crippen LogP contribution < -0.4 is 0 Å². The molecule has 1 aromatic heterocycles. The van der Waals surface area contributed by atoms with Gasteiger partial charge in [-0.25, -0.2) is 8.42 Å². The van der Waals surface area contributed by atoms with Crippen LogP contribution in [0.3, 0.4) is 0 Å². The topological polar surface area (TPSA) is 64.4 Å². The summed E-state index contributed by atoms with van der Waals surface area (Å²) in [6.07, 6.45) is 0. The van der Waals surface area contributed by atoms with Gasteiger partial charge in [0.15, 0.2) is 0 Å². The average Bonchev–Trinajstić information content (AvgIpc) is 2.86. The second-order valence-corrected chi connectivity index (χ2v) is 8.67. The lowest BCUT2D eigenvalue weighted by atomic mass is 10.2. The Kier molecular flexibility index (Phi) is 5.04. The van der Waals surface area contributed by atoms with Crippen molar-refractivity contribution in [2.24, 2.45) is 5.92 Å². The predicted molar refractivity (Wildman–Crippen MR) is 79.3 cm³/mol. The van der Waals surface area contributed by atoms with Crippen molar-refractivity contribution in [3.8, 4) is 6.07 Å². The molecule has 0 aromatic carbocycles. The fourth-order valence-electron chi connectivity index (χ4n) is 2.14. The van der Waals surface area contributed by atoms with Gasteiger partial charge in [-0.2, -0.15) is 9.57 Å². The number of rotatable bonds is 4. The van der Waals surface area contributed by atoms with E-state index >= 15 is 0 Å². The van der Waals surface area contributed by atoms with Crippen LogP contribution in [0, 0.1) is 17.2 Å². The molecule has 1 fully saturated rings. The van der Waals surface area contributed by atoms with E-state index in [9.17, 15) is 8.42 Å². The van der Waals surface area contributed by atoms with Crippen LogP contribution in [-0.2, 0) is 10.0 Å². The van der Waals surface area contributed by atoms with Crippen molar-refractivity contribution < 1.29 is 8.42 Å². The fraction of sp³-hybridized carbons (Fsp3) is 0.583. The SMILES string of the molecule is C[C@H](C#N)CN1CCN(S(=O)(=O)c2ccc(Cl)s2)CC1. The van der Waals surface area contributed by atoms with E-state index in [4.69, 9.17) is 16.9 Å². The van der Waals surface area contributed by atoms with E-state index in [0.29, 0.717) is 41.3 Å². The zero-order valence-electron chi connectivity index (χ0n) is 11.1. The molecule has 0 unspecified atom stereocenters. The van der Waals surface area contributed by atoms with Crippen molar-refractivity contribution in [1.82, 2.24) is 9.21 Å². The third kappa shape index (κ3) is 3.51. The number of hydrogen-bond donors (Lipinski definition) is 0. The molecule has 0 N–H and O–H groups in total. The predicted octanol–water partition coefficient (Wildman–Crippen LogP) is 1.87. The van der Waals surface area contributed by atoms with Crippen molar-refractivity contribution in [3.05, 3.63) is 16.5 Å². The Balaban J connectivity index is 1.99. The lowest BCUT2D eigenvalue weighted by molar-refractivity contribution is 0.178. The van der Waals surface area contributed by atoms with Crippen molar-refractivity contribution in [3.63, 3.8) is 0 Å². The second-order valence-electron chi connectivity index (χ2n) is 4.79. The Morgan fingerprint density at radius 1 is 1.40 bits per heavy atom. The first-order chi connectivity index (χ1) is 9.43. The minimum Gasteiger partial charge on any atom is -0.299 e. The van der Waals surface area contributed by atoms with E-state index in [1.54, 1.807) is 12.1 Å². The van der Waals surface area contributed by atoms with E-state index in [-0.39, 0.29) is 5.92 Å². The Morgan fingerprint density at radius 3 is 2.55 bits per heavy atom. The summed E-state index contributed by atoms with van der Waals surface area (Å²) < 4.78 is 27.0. The third-order valence-electron chi connectivity index (χ3n) is 3.23. The maximum Gasteiger partial charge on any atom is 0.252 e. The van der Waals surface area contributed by atoms with E-state index in [0.717, 1.165) is 11.3 Å². The summed E-state index contributed by atoms with van der Waals surface area (Å²) in [5, 5.41) is 8.80. The molecule has 2 heterocycles. The third-order valence-corrected chi connectivity index (χ3v) is 6.82. The molecule has 0 radical (unpaired) electrons. The summed E-state index contributed by atoms with van der Waals surface area (Å²) in [6, 6.07) is 5.34. The Bertz CT molecular complexity index is 600. The molecule has 2 rings (SSSR count). The molecule has 1 aromatic rings. The van der Waals surface area contributed by atoms with Crippen molar-refractivity contribution >= 4 is 33.0 Å². The molecule has 1 saturated heterocycles. The van der Waals surface area contributed by atoms with Crippen LogP contribution in [0.25, 0.3) is 0 Å². The maximum atomic E-state index is 12.4. The molecule has 1 aliphatic rings. The minimum absolute atomic E-state index is 0.0331. The first-order valence-electron chi connectivity index (χ1n) is 6.31. The normalized spacial score (nSPS) is 19.6. The van der Waals surface area contributed by atoms with E-state index in [2.05, 4.69) is 11.0 Å². The maximum absolute atomic E-state index is 12.4. The van der Waals surface area contributed by atoms with Gasteiger partial charge in [-0.15, -0.1) is 11.3 Å². The molecule has 20 heavy (non-hydrogen) atoms. The molecule has 0 amide bonds. The molecule has 1 atom stereocenters. The highest BCUT2D eigenvalue weighted by Crippen LogP contribution is 2.28. The highest BCUT2D eigenvalue weighted by molar-refractivity contribution is 7.91. The number of nitriles is 1. The summed E-state index contributed by atoms with van der Waals surface area (Å²) in [4.78, 5) is 2.13. The molecule has 0 saturated carbocycles. The van der Waals surface area contributed by atoms with Gasteiger partial charge in [-0.3, -0.25) is 4.90 Å². The molecule has 110 valence electrons. The summed E-state index contributed by atoms with van der Waals surface area (Å²) >= 11 is 6.88. The molecule has 8 heteroatoms. The van der Waals surface area contributed by atoms with E-state index < -0.39 is 10.0 Å². The number of piperazine rings is 1. The van der Waals surface area contributed by atoms with Crippen LogP contribution >= 0.6 is 22.9 Å². The fourth-order valence-corrected chi connectivity index (χ4v) is 5.20. The van der Waals surface area contributed by atoms with Gasteiger partial charge in [-0.05, 0) is 19.1 Å². The van der Waals surface area contributed by atoms with Gasteiger partial charge in [0.25, 0.3) is 10.0 Å². The van der Waals surface area contributed by atoms with Crippen LogP contribution in [0.4, 0.5) is 0 Å². The first-order valence-corrected chi connectivity index (χ1v) is 8.94. The van der Waals surface area contributed by atoms with Crippen LogP contribution in [-0.4, -0.2) is 50.3 Å². The smallest absolute Gasteiger partial charge is 0.252 e. The monoisotopic (exact) mass is 333 g/mol. The number of halogens is 1. The van der Waals surface area contributed by atoms with Gasteiger partial charge in [-0.1, -0.05) is 11.6 Å². The van der Waals surface area contributed by atoms with Crippen molar-refractivity contribution in [1.29, 1.82) is 5.26 Å². The van der Waals surface area contributed by atoms with Gasteiger partial charge < -0.3 is 0 Å². The zero-order chi connectivity index (χ0) is 14.8. The number of hydrogen-bond acceptors (Lipinski definition) is 5. The van der Waals surface area contributed by atoms with Crippen LogP contribution in [0.2, 0.25) is 4.34 Å². The Labute approximate surface area is 128 Å². The largest absolute Gasteiger partial charge is 0.299 e. The molecule has 5 nitrogen and oxygen atoms in total. The number of nitrogens with zero attached hydrogens (tertiary/aromatic N) is 3. The summed E-state index contributed by atoms with van der Waals surface area (Å²) in [5.74, 6) is -0.0331. The number of sulfonamides is 1. The van der Waals surface area contributed by atoms with Gasteiger partial charge in [0.2, 0.25) is 0 Å². The average molecular weight is 334 g/mol. The van der Waals surface area contributed by atoms with E-state index in [1.807, 2.05) is 6.92 Å². The van der Waals surface area contributed by atoms with Gasteiger partial charge in [0, 0.05) is 32.7 Å². The standard InChI is InChI=1S/C12H16ClN3O2S2/c1-10(8-14)9-15-4-6-16(7-5-15)20(17,18)12-3-2-11(13)19-12/h2-3,10H,4-7,9H2,1H3/t10-/m1/s1. The van der Waals surface area contributed by atoms with Gasteiger partial charge in [0.1, 0.15) is 4.21 Å². The molecule has 0 bridgehead atoms. The minimum atomic E-state index is -3.42. The lowest BCUT2D eigenvalue weighted by Gasteiger charge is -2.34. The lowest BCUT2D eigenvalue weighted by Crippen LogP contribution is -2.49. The van der Waals surface area contributed by atoms with Crippen LogP contribution in [0.15, 0.2) is 16.3 Å². The molecular formula is C12H16ClN3O2S2. The van der Waals surface area contributed by atoms with Gasteiger partial charge >= 0.3 is 0 Å². The van der Waals surface area contributed by atoms with Crippen molar-refractivity contribution in [2.75, 3.05) is 32.7 Å². The highest BCUT2D eigenvalue weighted by atomic mass is 35.5. The van der Waals surface area contributed by atoms with Gasteiger partial charge in [0.05, 0.1) is 16.3 Å². The van der Waals surface area contributed by atoms with E-state index in [1.165, 1.54) is 4.31 Å². The molecule has 1 aliphatic heterocycles. The quantitative estimate of drug-likeness (QED) is 0.843. The first kappa shape index (κ1) is 15.7. The van der Waals surface area contributed by atoms with Crippen LogP contribution in [0.1, 0.15) is 6.92 Å². The highest BCUT2D eigenvalue weighted by Gasteiger charge is 2.29. The van der Waals surface area contributed by atoms with Crippen LogP contribution in [0.5, 0.6) is 0 Å². The zero-order valence-corrected chi connectivity index (χ0v) is 13.5. The molecule has 0 aliphatic carbocycles. The Hall–Kier alpha value is -0.650. The summed E-state index contributed by atoms with van der Waals surface area (Å²) in [5.41, 5.74) is 0. The Morgan fingerprint density at radius 2 is 2.05 bits per heavy atom. The second kappa shape index (κ2) is 6.41. The molecule has 0 spiro atoms. The number of thiophene rings is 1. The molecular weight excluding hydrogens is 318 g/mol. The van der Waals surface area contributed by atoms with Crippen molar-refractivity contribution in [2.45, 2.75) is 11.1 Å². The summed E-state index contributed by atoms with van der Waals surface area (Å²) in [6.45, 7) is 4.78.